The van der Waals surface area contributed by atoms with Crippen LogP contribution in [0.5, 0.6) is 11.5 Å². The molecule has 1 aromatic carbocycles. The summed E-state index contributed by atoms with van der Waals surface area (Å²) in [6.45, 7) is 5.50. The standard InChI is InChI=1S/C19H23N5O3/c1-5-24-13(2)14(9-21-24)11-23-12-15(10-20-23)22-19(25)18-16(26-3)7-6-8-17(18)27-4/h6-10,12H,5,11H2,1-4H3,(H,22,25). The number of rotatable bonds is 7. The van der Waals surface area contributed by atoms with Crippen molar-refractivity contribution >= 4 is 11.6 Å². The summed E-state index contributed by atoms with van der Waals surface area (Å²) in [6, 6.07) is 5.20. The number of hydrogen-bond acceptors (Lipinski definition) is 5. The number of aryl methyl sites for hydroxylation is 1. The van der Waals surface area contributed by atoms with Gasteiger partial charge in [0, 0.05) is 24.0 Å². The van der Waals surface area contributed by atoms with Gasteiger partial charge in [-0.1, -0.05) is 6.07 Å². The Balaban J connectivity index is 1.76. The number of carbonyl (C=O) groups excluding carboxylic acids is 1. The van der Waals surface area contributed by atoms with Gasteiger partial charge in [0.2, 0.25) is 0 Å². The van der Waals surface area contributed by atoms with Crippen molar-refractivity contribution < 1.29 is 14.3 Å². The predicted octanol–water partition coefficient (Wildman–Crippen LogP) is 2.73. The number of amides is 1. The van der Waals surface area contributed by atoms with Gasteiger partial charge in [-0.25, -0.2) is 0 Å². The molecule has 0 atom stereocenters. The average Bonchev–Trinajstić information content (AvgIpc) is 3.27. The molecule has 0 aliphatic heterocycles. The van der Waals surface area contributed by atoms with Gasteiger partial charge in [0.1, 0.15) is 17.1 Å². The van der Waals surface area contributed by atoms with Crippen LogP contribution < -0.4 is 14.8 Å². The second-order valence-electron chi connectivity index (χ2n) is 5.99. The van der Waals surface area contributed by atoms with Gasteiger partial charge in [0.05, 0.1) is 38.8 Å². The monoisotopic (exact) mass is 369 g/mol. The normalized spacial score (nSPS) is 10.7. The molecular formula is C19H23N5O3. The van der Waals surface area contributed by atoms with Crippen LogP contribution in [0.25, 0.3) is 0 Å². The number of methoxy groups -OCH3 is 2. The van der Waals surface area contributed by atoms with Gasteiger partial charge in [0.25, 0.3) is 5.91 Å². The van der Waals surface area contributed by atoms with E-state index in [2.05, 4.69) is 22.4 Å². The minimum Gasteiger partial charge on any atom is -0.496 e. The fraction of sp³-hybridized carbons (Fsp3) is 0.316. The van der Waals surface area contributed by atoms with Gasteiger partial charge in [-0.15, -0.1) is 0 Å². The highest BCUT2D eigenvalue weighted by atomic mass is 16.5. The van der Waals surface area contributed by atoms with E-state index in [1.54, 1.807) is 35.3 Å². The molecule has 0 aliphatic carbocycles. The first-order valence-corrected chi connectivity index (χ1v) is 8.63. The van der Waals surface area contributed by atoms with Crippen molar-refractivity contribution in [2.75, 3.05) is 19.5 Å². The zero-order chi connectivity index (χ0) is 19.4. The second-order valence-corrected chi connectivity index (χ2v) is 5.99. The largest absolute Gasteiger partial charge is 0.496 e. The van der Waals surface area contributed by atoms with Crippen molar-refractivity contribution in [1.29, 1.82) is 0 Å². The van der Waals surface area contributed by atoms with Gasteiger partial charge in [-0.3, -0.25) is 14.2 Å². The lowest BCUT2D eigenvalue weighted by atomic mass is 10.1. The van der Waals surface area contributed by atoms with Gasteiger partial charge >= 0.3 is 0 Å². The van der Waals surface area contributed by atoms with Gasteiger partial charge in [0.15, 0.2) is 0 Å². The molecule has 3 aromatic rings. The smallest absolute Gasteiger partial charge is 0.263 e. The quantitative estimate of drug-likeness (QED) is 0.692. The van der Waals surface area contributed by atoms with Crippen molar-refractivity contribution in [3.05, 3.63) is 53.6 Å². The van der Waals surface area contributed by atoms with Crippen LogP contribution in [-0.4, -0.2) is 39.7 Å². The summed E-state index contributed by atoms with van der Waals surface area (Å²) in [6.07, 6.45) is 5.24. The predicted molar refractivity (Wildman–Crippen MR) is 101 cm³/mol. The Hall–Kier alpha value is -3.29. The van der Waals surface area contributed by atoms with Crippen LogP contribution >= 0.6 is 0 Å². The van der Waals surface area contributed by atoms with E-state index in [0.717, 1.165) is 17.8 Å². The molecule has 0 saturated heterocycles. The Morgan fingerprint density at radius 1 is 1.15 bits per heavy atom. The van der Waals surface area contributed by atoms with Crippen molar-refractivity contribution in [2.24, 2.45) is 0 Å². The number of nitrogens with zero attached hydrogens (tertiary/aromatic N) is 4. The Bertz CT molecular complexity index is 922. The number of aromatic nitrogens is 4. The maximum Gasteiger partial charge on any atom is 0.263 e. The van der Waals surface area contributed by atoms with E-state index in [9.17, 15) is 4.79 Å². The van der Waals surface area contributed by atoms with Crippen LogP contribution in [-0.2, 0) is 13.1 Å². The summed E-state index contributed by atoms with van der Waals surface area (Å²) in [5.41, 5.74) is 3.13. The Morgan fingerprint density at radius 2 is 1.85 bits per heavy atom. The molecule has 1 amide bonds. The summed E-state index contributed by atoms with van der Waals surface area (Å²) < 4.78 is 14.3. The van der Waals surface area contributed by atoms with E-state index in [1.807, 2.05) is 17.8 Å². The molecule has 0 fully saturated rings. The highest BCUT2D eigenvalue weighted by molar-refractivity contribution is 6.08. The molecule has 1 N–H and O–H groups in total. The third-order valence-corrected chi connectivity index (χ3v) is 4.38. The molecule has 0 unspecified atom stereocenters. The van der Waals surface area contributed by atoms with Crippen molar-refractivity contribution in [2.45, 2.75) is 26.9 Å². The first kappa shape index (κ1) is 18.5. The summed E-state index contributed by atoms with van der Waals surface area (Å²) in [5.74, 6) is 0.572. The summed E-state index contributed by atoms with van der Waals surface area (Å²) >= 11 is 0. The third kappa shape index (κ3) is 3.79. The zero-order valence-electron chi connectivity index (χ0n) is 15.9. The molecule has 8 heteroatoms. The molecule has 2 aromatic heterocycles. The van der Waals surface area contributed by atoms with Crippen molar-refractivity contribution in [3.8, 4) is 11.5 Å². The van der Waals surface area contributed by atoms with Crippen LogP contribution in [0.2, 0.25) is 0 Å². The molecule has 8 nitrogen and oxygen atoms in total. The number of carbonyl (C=O) groups is 1. The fourth-order valence-corrected chi connectivity index (χ4v) is 2.92. The second kappa shape index (κ2) is 7.94. The fourth-order valence-electron chi connectivity index (χ4n) is 2.92. The Kier molecular flexibility index (Phi) is 5.44. The van der Waals surface area contributed by atoms with Crippen molar-refractivity contribution in [1.82, 2.24) is 19.6 Å². The lowest BCUT2D eigenvalue weighted by Gasteiger charge is -2.12. The first-order valence-electron chi connectivity index (χ1n) is 8.63. The Morgan fingerprint density at radius 3 is 2.44 bits per heavy atom. The SMILES string of the molecule is CCn1ncc(Cn2cc(NC(=O)c3c(OC)cccc3OC)cn2)c1C. The summed E-state index contributed by atoms with van der Waals surface area (Å²) in [5, 5.41) is 11.5. The number of ether oxygens (including phenoxy) is 2. The molecule has 27 heavy (non-hydrogen) atoms. The van der Waals surface area contributed by atoms with Gasteiger partial charge in [-0.2, -0.15) is 10.2 Å². The molecule has 0 aliphatic rings. The minimum atomic E-state index is -0.321. The summed E-state index contributed by atoms with van der Waals surface area (Å²) in [7, 11) is 3.03. The van der Waals surface area contributed by atoms with E-state index in [1.165, 1.54) is 14.2 Å². The van der Waals surface area contributed by atoms with E-state index >= 15 is 0 Å². The van der Waals surface area contributed by atoms with Crippen LogP contribution in [0.1, 0.15) is 28.5 Å². The molecule has 0 bridgehead atoms. The Labute approximate surface area is 157 Å². The number of anilines is 1. The van der Waals surface area contributed by atoms with E-state index < -0.39 is 0 Å². The highest BCUT2D eigenvalue weighted by Gasteiger charge is 2.19. The average molecular weight is 369 g/mol. The first-order chi connectivity index (χ1) is 13.1. The highest BCUT2D eigenvalue weighted by Crippen LogP contribution is 2.29. The van der Waals surface area contributed by atoms with Gasteiger partial charge < -0.3 is 14.8 Å². The number of hydrogen-bond donors (Lipinski definition) is 1. The number of nitrogens with one attached hydrogen (secondary N) is 1. The third-order valence-electron chi connectivity index (χ3n) is 4.38. The molecule has 0 spiro atoms. The molecule has 142 valence electrons. The molecule has 3 rings (SSSR count). The molecular weight excluding hydrogens is 346 g/mol. The minimum absolute atomic E-state index is 0.321. The van der Waals surface area contributed by atoms with Crippen molar-refractivity contribution in [3.63, 3.8) is 0 Å². The lowest BCUT2D eigenvalue weighted by Crippen LogP contribution is -2.14. The van der Waals surface area contributed by atoms with Crippen LogP contribution in [0.4, 0.5) is 5.69 Å². The van der Waals surface area contributed by atoms with E-state index in [4.69, 9.17) is 9.47 Å². The van der Waals surface area contributed by atoms with E-state index in [0.29, 0.717) is 29.3 Å². The van der Waals surface area contributed by atoms with Crippen LogP contribution in [0.3, 0.4) is 0 Å². The topological polar surface area (TPSA) is 83.2 Å². The lowest BCUT2D eigenvalue weighted by molar-refractivity contribution is 0.102. The maximum absolute atomic E-state index is 12.7. The number of benzene rings is 1. The van der Waals surface area contributed by atoms with Crippen LogP contribution in [0, 0.1) is 6.92 Å². The van der Waals surface area contributed by atoms with Crippen LogP contribution in [0.15, 0.2) is 36.8 Å². The zero-order valence-corrected chi connectivity index (χ0v) is 15.9. The summed E-state index contributed by atoms with van der Waals surface area (Å²) in [4.78, 5) is 12.7. The molecule has 0 radical (unpaired) electrons. The van der Waals surface area contributed by atoms with E-state index in [-0.39, 0.29) is 5.91 Å². The molecule has 2 heterocycles. The maximum atomic E-state index is 12.7. The molecule has 0 saturated carbocycles. The van der Waals surface area contributed by atoms with Gasteiger partial charge in [-0.05, 0) is 26.0 Å².